The van der Waals surface area contributed by atoms with Gasteiger partial charge in [-0.2, -0.15) is 0 Å². The Morgan fingerprint density at radius 2 is 2.00 bits per heavy atom. The van der Waals surface area contributed by atoms with E-state index >= 15 is 0 Å². The largest absolute Gasteiger partial charge is 0.378 e. The Labute approximate surface area is 83.0 Å². The van der Waals surface area contributed by atoms with Crippen LogP contribution in [0.25, 0.3) is 0 Å². The lowest BCUT2D eigenvalue weighted by Gasteiger charge is -2.42. The first-order valence-electron chi connectivity index (χ1n) is 5.02. The van der Waals surface area contributed by atoms with Gasteiger partial charge in [0.15, 0.2) is 0 Å². The molecule has 0 saturated heterocycles. The molecule has 2 aliphatic carbocycles. The topological polar surface area (TPSA) is 9.23 Å². The number of hydrogen-bond acceptors (Lipinski definition) is 1. The van der Waals surface area contributed by atoms with Crippen molar-refractivity contribution in [1.29, 1.82) is 0 Å². The smallest absolute Gasteiger partial charge is 0.0575 e. The summed E-state index contributed by atoms with van der Waals surface area (Å²) >= 11 is 3.59. The van der Waals surface area contributed by atoms with Crippen molar-refractivity contribution in [2.45, 2.75) is 44.6 Å². The zero-order valence-electron chi connectivity index (χ0n) is 7.52. The Hall–Kier alpha value is 0.440. The molecule has 0 bridgehead atoms. The number of hydrogen-bond donors (Lipinski definition) is 0. The SMILES string of the molecule is BrCC1(COC2CCC2)CCC1. The first-order chi connectivity index (χ1) is 5.85. The van der Waals surface area contributed by atoms with Crippen molar-refractivity contribution in [3.63, 3.8) is 0 Å². The van der Waals surface area contributed by atoms with Crippen molar-refractivity contribution in [3.8, 4) is 0 Å². The van der Waals surface area contributed by atoms with Crippen LogP contribution in [0.3, 0.4) is 0 Å². The van der Waals surface area contributed by atoms with Gasteiger partial charge in [-0.05, 0) is 32.1 Å². The molecule has 0 unspecified atom stereocenters. The third kappa shape index (κ3) is 1.69. The molecule has 0 aromatic heterocycles. The second-order valence-corrected chi connectivity index (χ2v) is 4.91. The highest BCUT2D eigenvalue weighted by Gasteiger charge is 2.37. The van der Waals surface area contributed by atoms with Gasteiger partial charge in [0.1, 0.15) is 0 Å². The van der Waals surface area contributed by atoms with E-state index in [0.717, 1.165) is 11.9 Å². The zero-order valence-corrected chi connectivity index (χ0v) is 9.11. The first-order valence-corrected chi connectivity index (χ1v) is 6.14. The van der Waals surface area contributed by atoms with Crippen LogP contribution < -0.4 is 0 Å². The van der Waals surface area contributed by atoms with Gasteiger partial charge >= 0.3 is 0 Å². The van der Waals surface area contributed by atoms with Crippen molar-refractivity contribution in [1.82, 2.24) is 0 Å². The molecule has 0 aromatic carbocycles. The molecule has 0 heterocycles. The van der Waals surface area contributed by atoms with Gasteiger partial charge in [0.05, 0.1) is 12.7 Å². The van der Waals surface area contributed by atoms with E-state index in [2.05, 4.69) is 15.9 Å². The third-order valence-corrected chi connectivity index (χ3v) is 4.56. The molecule has 0 amide bonds. The van der Waals surface area contributed by atoms with E-state index in [0.29, 0.717) is 11.5 Å². The number of ether oxygens (including phenoxy) is 1. The molecule has 2 fully saturated rings. The fourth-order valence-corrected chi connectivity index (χ4v) is 2.55. The maximum atomic E-state index is 5.85. The minimum absolute atomic E-state index is 0.523. The lowest BCUT2D eigenvalue weighted by atomic mass is 9.71. The van der Waals surface area contributed by atoms with Crippen molar-refractivity contribution in [3.05, 3.63) is 0 Å². The molecule has 0 N–H and O–H groups in total. The first kappa shape index (κ1) is 9.01. The molecule has 70 valence electrons. The molecule has 2 heteroatoms. The Morgan fingerprint density at radius 1 is 1.25 bits per heavy atom. The molecule has 12 heavy (non-hydrogen) atoms. The summed E-state index contributed by atoms with van der Waals surface area (Å²) in [6, 6.07) is 0. The monoisotopic (exact) mass is 232 g/mol. The summed E-state index contributed by atoms with van der Waals surface area (Å²) < 4.78 is 5.85. The summed E-state index contributed by atoms with van der Waals surface area (Å²) in [6.07, 6.45) is 8.74. The second kappa shape index (κ2) is 3.67. The third-order valence-electron chi connectivity index (χ3n) is 3.38. The van der Waals surface area contributed by atoms with E-state index < -0.39 is 0 Å². The predicted octanol–water partition coefficient (Wildman–Crippen LogP) is 3.12. The summed E-state index contributed by atoms with van der Waals surface area (Å²) in [4.78, 5) is 0. The van der Waals surface area contributed by atoms with Crippen LogP contribution >= 0.6 is 15.9 Å². The molecule has 0 atom stereocenters. The summed E-state index contributed by atoms with van der Waals surface area (Å²) in [5.41, 5.74) is 0.523. The molecule has 0 aromatic rings. The van der Waals surface area contributed by atoms with E-state index in [1.165, 1.54) is 38.5 Å². The van der Waals surface area contributed by atoms with Crippen molar-refractivity contribution >= 4 is 15.9 Å². The quantitative estimate of drug-likeness (QED) is 0.678. The second-order valence-electron chi connectivity index (χ2n) is 4.35. The van der Waals surface area contributed by atoms with Gasteiger partial charge in [0.2, 0.25) is 0 Å². The lowest BCUT2D eigenvalue weighted by molar-refractivity contribution is -0.0610. The zero-order chi connectivity index (χ0) is 8.44. The maximum absolute atomic E-state index is 5.85. The highest BCUT2D eigenvalue weighted by atomic mass is 79.9. The number of halogens is 1. The van der Waals surface area contributed by atoms with Crippen LogP contribution in [0.15, 0.2) is 0 Å². The molecule has 2 saturated carbocycles. The maximum Gasteiger partial charge on any atom is 0.0575 e. The van der Waals surface area contributed by atoms with Crippen LogP contribution in [0.1, 0.15) is 38.5 Å². The highest BCUT2D eigenvalue weighted by Crippen LogP contribution is 2.43. The standard InChI is InChI=1S/C10H17BrO/c11-7-10(5-2-6-10)8-12-9-3-1-4-9/h9H,1-8H2. The van der Waals surface area contributed by atoms with E-state index in [1.807, 2.05) is 0 Å². The Kier molecular flexibility index (Phi) is 2.75. The highest BCUT2D eigenvalue weighted by molar-refractivity contribution is 9.09. The van der Waals surface area contributed by atoms with Gasteiger partial charge in [-0.3, -0.25) is 0 Å². The molecule has 0 radical (unpaired) electrons. The average molecular weight is 233 g/mol. The van der Waals surface area contributed by atoms with Crippen LogP contribution in [0.4, 0.5) is 0 Å². The van der Waals surface area contributed by atoms with Gasteiger partial charge in [-0.25, -0.2) is 0 Å². The summed E-state index contributed by atoms with van der Waals surface area (Å²) in [5, 5.41) is 1.13. The van der Waals surface area contributed by atoms with Gasteiger partial charge in [0.25, 0.3) is 0 Å². The average Bonchev–Trinajstić information content (AvgIpc) is 1.91. The van der Waals surface area contributed by atoms with Crippen molar-refractivity contribution < 1.29 is 4.74 Å². The Bertz CT molecular complexity index is 144. The summed E-state index contributed by atoms with van der Waals surface area (Å²) in [7, 11) is 0. The fraction of sp³-hybridized carbons (Fsp3) is 1.00. The Morgan fingerprint density at radius 3 is 2.33 bits per heavy atom. The van der Waals surface area contributed by atoms with Crippen LogP contribution in [-0.2, 0) is 4.74 Å². The van der Waals surface area contributed by atoms with Crippen LogP contribution in [-0.4, -0.2) is 18.0 Å². The van der Waals surface area contributed by atoms with Crippen molar-refractivity contribution in [2.24, 2.45) is 5.41 Å². The number of rotatable bonds is 4. The molecular formula is C10H17BrO. The number of alkyl halides is 1. The lowest BCUT2D eigenvalue weighted by Crippen LogP contribution is -2.38. The molecule has 1 nitrogen and oxygen atoms in total. The predicted molar refractivity (Wildman–Crippen MR) is 53.7 cm³/mol. The molecule has 2 rings (SSSR count). The Balaban J connectivity index is 1.69. The van der Waals surface area contributed by atoms with Gasteiger partial charge in [0, 0.05) is 10.7 Å². The summed E-state index contributed by atoms with van der Waals surface area (Å²) in [5.74, 6) is 0. The normalized spacial score (nSPS) is 27.8. The van der Waals surface area contributed by atoms with E-state index in [1.54, 1.807) is 0 Å². The minimum Gasteiger partial charge on any atom is -0.378 e. The van der Waals surface area contributed by atoms with E-state index in [4.69, 9.17) is 4.74 Å². The molecule has 0 aliphatic heterocycles. The molecule has 0 spiro atoms. The summed E-state index contributed by atoms with van der Waals surface area (Å²) in [6.45, 7) is 1.00. The molecular weight excluding hydrogens is 216 g/mol. The van der Waals surface area contributed by atoms with E-state index in [9.17, 15) is 0 Å². The van der Waals surface area contributed by atoms with Gasteiger partial charge in [-0.1, -0.05) is 22.4 Å². The molecule has 2 aliphatic rings. The van der Waals surface area contributed by atoms with Crippen molar-refractivity contribution in [2.75, 3.05) is 11.9 Å². The van der Waals surface area contributed by atoms with Gasteiger partial charge in [-0.15, -0.1) is 0 Å². The fourth-order valence-electron chi connectivity index (χ4n) is 1.83. The minimum atomic E-state index is 0.523. The van der Waals surface area contributed by atoms with Crippen LogP contribution in [0, 0.1) is 5.41 Å². The van der Waals surface area contributed by atoms with Crippen LogP contribution in [0.2, 0.25) is 0 Å². The van der Waals surface area contributed by atoms with E-state index in [-0.39, 0.29) is 0 Å². The van der Waals surface area contributed by atoms with Crippen LogP contribution in [0.5, 0.6) is 0 Å². The van der Waals surface area contributed by atoms with Gasteiger partial charge < -0.3 is 4.74 Å².